The van der Waals surface area contributed by atoms with E-state index < -0.39 is 18.4 Å². The highest BCUT2D eigenvalue weighted by Crippen LogP contribution is 2.09. The minimum absolute atomic E-state index is 0.149. The summed E-state index contributed by atoms with van der Waals surface area (Å²) in [6.07, 6.45) is 0. The molecule has 0 unspecified atom stereocenters. The average Bonchev–Trinajstić information content (AvgIpc) is 2.03. The summed E-state index contributed by atoms with van der Waals surface area (Å²) in [5.41, 5.74) is -0.936. The molecule has 0 saturated heterocycles. The van der Waals surface area contributed by atoms with Gasteiger partial charge in [0.15, 0.2) is 0 Å². The Hall–Kier alpha value is -1.46. The Morgan fingerprint density at radius 2 is 1.62 bits per heavy atom. The molecular formula is C7H5BF3O2-. The van der Waals surface area contributed by atoms with Crippen molar-refractivity contribution in [1.29, 1.82) is 0 Å². The van der Waals surface area contributed by atoms with Crippen LogP contribution in [0.3, 0.4) is 0 Å². The maximum atomic E-state index is 12.0. The van der Waals surface area contributed by atoms with Gasteiger partial charge in [-0.1, -0.05) is 24.3 Å². The van der Waals surface area contributed by atoms with E-state index in [0.717, 1.165) is 24.3 Å². The van der Waals surface area contributed by atoms with Crippen LogP contribution in [-0.4, -0.2) is 18.1 Å². The normalized spacial score (nSPS) is 11.3. The van der Waals surface area contributed by atoms with Crippen LogP contribution in [0.25, 0.3) is 0 Å². The van der Waals surface area contributed by atoms with Crippen LogP contribution >= 0.6 is 0 Å². The Labute approximate surface area is 72.1 Å². The van der Waals surface area contributed by atoms with Crippen LogP contribution in [0.5, 0.6) is 0 Å². The zero-order chi connectivity index (χ0) is 10.1. The second-order valence-corrected chi connectivity index (χ2v) is 2.50. The summed E-state index contributed by atoms with van der Waals surface area (Å²) in [7, 11) is 0. The molecule has 0 amide bonds. The molecule has 0 saturated carbocycles. The van der Waals surface area contributed by atoms with Crippen molar-refractivity contribution >= 4 is 18.4 Å². The SMILES string of the molecule is O=C(O)c1ccc([B-](F)(F)F)cc1. The molecule has 0 aliphatic heterocycles. The summed E-state index contributed by atoms with van der Waals surface area (Å²) >= 11 is 0. The van der Waals surface area contributed by atoms with Gasteiger partial charge in [0, 0.05) is 0 Å². The summed E-state index contributed by atoms with van der Waals surface area (Å²) in [5.74, 6) is -1.23. The maximum absolute atomic E-state index is 12.0. The van der Waals surface area contributed by atoms with Crippen LogP contribution in [0.4, 0.5) is 12.9 Å². The molecule has 70 valence electrons. The lowest BCUT2D eigenvalue weighted by Gasteiger charge is -2.14. The van der Waals surface area contributed by atoms with Gasteiger partial charge in [-0.15, -0.1) is 5.46 Å². The van der Waals surface area contributed by atoms with Gasteiger partial charge < -0.3 is 18.1 Å². The molecule has 0 atom stereocenters. The molecule has 0 spiro atoms. The fourth-order valence-electron chi connectivity index (χ4n) is 0.844. The minimum Gasteiger partial charge on any atom is -0.478 e. The number of carboxylic acid groups (broad SMARTS) is 1. The highest BCUT2D eigenvalue weighted by Gasteiger charge is 2.25. The zero-order valence-corrected chi connectivity index (χ0v) is 6.38. The first-order valence-corrected chi connectivity index (χ1v) is 3.44. The van der Waals surface area contributed by atoms with Gasteiger partial charge in [-0.2, -0.15) is 0 Å². The second-order valence-electron chi connectivity index (χ2n) is 2.50. The topological polar surface area (TPSA) is 37.3 Å². The lowest BCUT2D eigenvalue weighted by Crippen LogP contribution is -2.33. The lowest BCUT2D eigenvalue weighted by molar-refractivity contribution is 0.0697. The van der Waals surface area contributed by atoms with Gasteiger partial charge in [0.2, 0.25) is 0 Å². The van der Waals surface area contributed by atoms with Crippen LogP contribution in [0, 0.1) is 0 Å². The number of halogens is 3. The van der Waals surface area contributed by atoms with Gasteiger partial charge in [-0.3, -0.25) is 0 Å². The van der Waals surface area contributed by atoms with Crippen molar-refractivity contribution in [3.8, 4) is 0 Å². The Morgan fingerprint density at radius 1 is 1.15 bits per heavy atom. The van der Waals surface area contributed by atoms with Crippen molar-refractivity contribution in [2.24, 2.45) is 0 Å². The molecule has 1 N–H and O–H groups in total. The van der Waals surface area contributed by atoms with E-state index in [1.54, 1.807) is 0 Å². The van der Waals surface area contributed by atoms with E-state index in [1.165, 1.54) is 0 Å². The molecule has 1 aromatic rings. The zero-order valence-electron chi connectivity index (χ0n) is 6.38. The Bertz CT molecular complexity index is 318. The molecule has 6 heteroatoms. The van der Waals surface area contributed by atoms with Crippen molar-refractivity contribution < 1.29 is 22.8 Å². The Balaban J connectivity index is 3.01. The van der Waals surface area contributed by atoms with E-state index >= 15 is 0 Å². The predicted octanol–water partition coefficient (Wildman–Crippen LogP) is 1.44. The first kappa shape index (κ1) is 9.63. The largest absolute Gasteiger partial charge is 0.509 e. The third-order valence-corrected chi connectivity index (χ3v) is 1.54. The third-order valence-electron chi connectivity index (χ3n) is 1.54. The van der Waals surface area contributed by atoms with E-state index in [1.807, 2.05) is 0 Å². The van der Waals surface area contributed by atoms with Crippen LogP contribution in [0.2, 0.25) is 0 Å². The van der Waals surface area contributed by atoms with Crippen molar-refractivity contribution in [2.75, 3.05) is 0 Å². The minimum atomic E-state index is -5.03. The van der Waals surface area contributed by atoms with Crippen LogP contribution < -0.4 is 5.46 Å². The first-order chi connectivity index (χ1) is 5.91. The molecule has 0 heterocycles. The number of aromatic carboxylic acids is 1. The van der Waals surface area contributed by atoms with E-state index in [2.05, 4.69) is 0 Å². The quantitative estimate of drug-likeness (QED) is 0.714. The maximum Gasteiger partial charge on any atom is 0.509 e. The molecule has 0 aliphatic carbocycles. The molecule has 0 fully saturated rings. The number of hydrogen-bond acceptors (Lipinski definition) is 1. The smallest absolute Gasteiger partial charge is 0.478 e. The summed E-state index contributed by atoms with van der Waals surface area (Å²) in [5, 5.41) is 8.40. The van der Waals surface area contributed by atoms with Crippen molar-refractivity contribution in [2.45, 2.75) is 0 Å². The van der Waals surface area contributed by atoms with Crippen molar-refractivity contribution in [3.05, 3.63) is 29.8 Å². The number of hydrogen-bond donors (Lipinski definition) is 1. The molecule has 2 nitrogen and oxygen atoms in total. The van der Waals surface area contributed by atoms with Gasteiger partial charge in [-0.05, 0) is 0 Å². The molecule has 0 aliphatic rings. The summed E-state index contributed by atoms with van der Waals surface area (Å²) < 4.78 is 36.1. The van der Waals surface area contributed by atoms with Crippen molar-refractivity contribution in [3.63, 3.8) is 0 Å². The van der Waals surface area contributed by atoms with E-state index in [0.29, 0.717) is 0 Å². The molecule has 0 aromatic heterocycles. The summed E-state index contributed by atoms with van der Waals surface area (Å²) in [6, 6.07) is 3.41. The van der Waals surface area contributed by atoms with Gasteiger partial charge >= 0.3 is 12.9 Å². The van der Waals surface area contributed by atoms with Gasteiger partial charge in [-0.25, -0.2) is 4.79 Å². The number of carboxylic acids is 1. The first-order valence-electron chi connectivity index (χ1n) is 3.44. The Kier molecular flexibility index (Phi) is 2.31. The van der Waals surface area contributed by atoms with Crippen molar-refractivity contribution in [1.82, 2.24) is 0 Å². The van der Waals surface area contributed by atoms with Gasteiger partial charge in [0.1, 0.15) is 0 Å². The summed E-state index contributed by atoms with van der Waals surface area (Å²) in [4.78, 5) is 10.3. The monoisotopic (exact) mass is 189 g/mol. The molecule has 1 rings (SSSR count). The number of rotatable bonds is 2. The van der Waals surface area contributed by atoms with Crippen LogP contribution in [0.1, 0.15) is 10.4 Å². The van der Waals surface area contributed by atoms with E-state index in [4.69, 9.17) is 5.11 Å². The standard InChI is InChI=1S/C7H5BF3O2/c9-8(10,11)6-3-1-5(2-4-6)7(12)13/h1-4H,(H,12,13)/q-1. The Morgan fingerprint density at radius 3 is 1.92 bits per heavy atom. The van der Waals surface area contributed by atoms with E-state index in [9.17, 15) is 17.7 Å². The molecule has 0 bridgehead atoms. The fraction of sp³-hybridized carbons (Fsp3) is 0. The second kappa shape index (κ2) is 3.12. The average molecular weight is 189 g/mol. The number of carbonyl (C=O) groups is 1. The number of benzene rings is 1. The predicted molar refractivity (Wildman–Crippen MR) is 42.1 cm³/mol. The van der Waals surface area contributed by atoms with Gasteiger partial charge in [0.25, 0.3) is 0 Å². The summed E-state index contributed by atoms with van der Waals surface area (Å²) in [6.45, 7) is -5.03. The highest BCUT2D eigenvalue weighted by atomic mass is 19.4. The molecule has 0 radical (unpaired) electrons. The molecule has 13 heavy (non-hydrogen) atoms. The van der Waals surface area contributed by atoms with Gasteiger partial charge in [0.05, 0.1) is 5.56 Å². The third kappa shape index (κ3) is 2.24. The van der Waals surface area contributed by atoms with Crippen LogP contribution in [-0.2, 0) is 0 Å². The molecule has 1 aromatic carbocycles. The van der Waals surface area contributed by atoms with Crippen LogP contribution in [0.15, 0.2) is 24.3 Å². The fourth-order valence-corrected chi connectivity index (χ4v) is 0.844. The highest BCUT2D eigenvalue weighted by molar-refractivity contribution is 6.73. The molecular weight excluding hydrogens is 184 g/mol. The lowest BCUT2D eigenvalue weighted by atomic mass is 9.80. The van der Waals surface area contributed by atoms with E-state index in [-0.39, 0.29) is 5.56 Å².